The maximum atomic E-state index is 14.0. The smallest absolute Gasteiger partial charge is 0.226 e. The molecule has 0 bridgehead atoms. The molecule has 0 N–H and O–H groups in total. The number of halogens is 1. The lowest BCUT2D eigenvalue weighted by atomic mass is 10.0. The third kappa shape index (κ3) is 3.08. The van der Waals surface area contributed by atoms with Crippen LogP contribution in [0.5, 0.6) is 0 Å². The predicted octanol–water partition coefficient (Wildman–Crippen LogP) is 3.61. The molecular formula is C20H24FN3O. The molecule has 132 valence electrons. The lowest BCUT2D eigenvalue weighted by Gasteiger charge is -2.33. The van der Waals surface area contributed by atoms with E-state index in [4.69, 9.17) is 0 Å². The van der Waals surface area contributed by atoms with Crippen molar-refractivity contribution >= 4 is 5.91 Å². The molecule has 4 rings (SSSR count). The Morgan fingerprint density at radius 2 is 2.08 bits per heavy atom. The van der Waals surface area contributed by atoms with Crippen molar-refractivity contribution in [1.29, 1.82) is 0 Å². The van der Waals surface area contributed by atoms with E-state index in [1.807, 2.05) is 24.0 Å². The van der Waals surface area contributed by atoms with Crippen LogP contribution in [0.2, 0.25) is 0 Å². The summed E-state index contributed by atoms with van der Waals surface area (Å²) >= 11 is 0. The van der Waals surface area contributed by atoms with E-state index in [1.165, 1.54) is 6.07 Å². The summed E-state index contributed by atoms with van der Waals surface area (Å²) in [7, 11) is 0. The summed E-state index contributed by atoms with van der Waals surface area (Å²) in [4.78, 5) is 14.9. The van der Waals surface area contributed by atoms with Gasteiger partial charge in [-0.1, -0.05) is 18.2 Å². The number of piperidine rings is 1. The second-order valence-electron chi connectivity index (χ2n) is 7.42. The molecule has 2 fully saturated rings. The van der Waals surface area contributed by atoms with Crippen molar-refractivity contribution in [2.45, 2.75) is 45.1 Å². The molecule has 1 saturated carbocycles. The van der Waals surface area contributed by atoms with Gasteiger partial charge in [0.15, 0.2) is 0 Å². The van der Waals surface area contributed by atoms with Gasteiger partial charge < -0.3 is 4.90 Å². The van der Waals surface area contributed by atoms with Gasteiger partial charge in [0.2, 0.25) is 5.91 Å². The number of likely N-dealkylation sites (tertiary alicyclic amines) is 1. The maximum absolute atomic E-state index is 14.0. The number of hydrogen-bond acceptors (Lipinski definition) is 2. The fourth-order valence-corrected chi connectivity index (χ4v) is 4.19. The molecule has 1 aliphatic heterocycles. The summed E-state index contributed by atoms with van der Waals surface area (Å²) in [5.74, 6) is -0.0275. The predicted molar refractivity (Wildman–Crippen MR) is 93.8 cm³/mol. The largest absolute Gasteiger partial charge is 0.340 e. The zero-order valence-electron chi connectivity index (χ0n) is 14.8. The van der Waals surface area contributed by atoms with Crippen LogP contribution in [0.4, 0.5) is 4.39 Å². The van der Waals surface area contributed by atoms with E-state index >= 15 is 0 Å². The number of carbonyl (C=O) groups is 1. The number of nitrogens with zero attached hydrogens (tertiary/aromatic N) is 3. The molecule has 1 saturated heterocycles. The lowest BCUT2D eigenvalue weighted by Crippen LogP contribution is -2.42. The van der Waals surface area contributed by atoms with Crippen molar-refractivity contribution < 1.29 is 9.18 Å². The third-order valence-corrected chi connectivity index (χ3v) is 5.51. The second kappa shape index (κ2) is 6.28. The highest BCUT2D eigenvalue weighted by atomic mass is 19.1. The van der Waals surface area contributed by atoms with Gasteiger partial charge in [0.1, 0.15) is 5.82 Å². The molecule has 25 heavy (non-hydrogen) atoms. The highest BCUT2D eigenvalue weighted by molar-refractivity contribution is 5.83. The number of rotatable bonds is 3. The molecule has 1 aliphatic carbocycles. The molecule has 1 aromatic carbocycles. The Morgan fingerprint density at radius 1 is 1.28 bits per heavy atom. The minimum atomic E-state index is -0.193. The molecule has 1 aromatic heterocycles. The first-order chi connectivity index (χ1) is 12.0. The molecule has 4 nitrogen and oxygen atoms in total. The van der Waals surface area contributed by atoms with Crippen molar-refractivity contribution in [1.82, 2.24) is 14.7 Å². The van der Waals surface area contributed by atoms with Crippen molar-refractivity contribution in [2.75, 3.05) is 13.1 Å². The van der Waals surface area contributed by atoms with Crippen LogP contribution < -0.4 is 0 Å². The van der Waals surface area contributed by atoms with E-state index in [-0.39, 0.29) is 29.6 Å². The number of aromatic nitrogens is 2. The molecular weight excluding hydrogens is 317 g/mol. The number of aryl methyl sites for hydroxylation is 2. The van der Waals surface area contributed by atoms with Crippen LogP contribution in [0.3, 0.4) is 0 Å². The Hall–Kier alpha value is -2.17. The van der Waals surface area contributed by atoms with Crippen LogP contribution in [0.15, 0.2) is 30.3 Å². The topological polar surface area (TPSA) is 38.1 Å². The highest BCUT2D eigenvalue weighted by Crippen LogP contribution is 2.49. The third-order valence-electron chi connectivity index (χ3n) is 5.51. The van der Waals surface area contributed by atoms with Crippen LogP contribution in [0.25, 0.3) is 0 Å². The van der Waals surface area contributed by atoms with E-state index in [2.05, 4.69) is 22.8 Å². The molecule has 5 heteroatoms. The summed E-state index contributed by atoms with van der Waals surface area (Å²) in [6.45, 7) is 5.57. The molecule has 0 spiro atoms. The van der Waals surface area contributed by atoms with Crippen LogP contribution in [-0.2, 0) is 4.79 Å². The standard InChI is InChI=1S/C20H24FN3O/c1-13-10-14(2)24(22-13)15-6-5-9-23(12-15)20(25)18-11-17(18)16-7-3-4-8-19(16)21/h3-4,7-8,10,15,17-18H,5-6,9,11-12H2,1-2H3/t15-,17+,18+/m1/s1. The monoisotopic (exact) mass is 341 g/mol. The van der Waals surface area contributed by atoms with Gasteiger partial charge in [-0.25, -0.2) is 4.39 Å². The number of hydrogen-bond donors (Lipinski definition) is 0. The highest BCUT2D eigenvalue weighted by Gasteiger charge is 2.47. The van der Waals surface area contributed by atoms with Gasteiger partial charge in [-0.2, -0.15) is 5.10 Å². The van der Waals surface area contributed by atoms with Crippen molar-refractivity contribution in [2.24, 2.45) is 5.92 Å². The summed E-state index contributed by atoms with van der Waals surface area (Å²) in [5, 5.41) is 4.59. The molecule has 2 aromatic rings. The van der Waals surface area contributed by atoms with Gasteiger partial charge in [-0.15, -0.1) is 0 Å². The Morgan fingerprint density at radius 3 is 2.80 bits per heavy atom. The van der Waals surface area contributed by atoms with Gasteiger partial charge in [-0.3, -0.25) is 9.48 Å². The van der Waals surface area contributed by atoms with Crippen molar-refractivity contribution in [3.8, 4) is 0 Å². The van der Waals surface area contributed by atoms with E-state index < -0.39 is 0 Å². The average molecular weight is 341 g/mol. The summed E-state index contributed by atoms with van der Waals surface area (Å²) in [6, 6.07) is 9.16. The number of benzene rings is 1. The fourth-order valence-electron chi connectivity index (χ4n) is 4.19. The Labute approximate surface area is 147 Å². The van der Waals surface area contributed by atoms with Gasteiger partial charge in [0, 0.05) is 24.7 Å². The van der Waals surface area contributed by atoms with Crippen molar-refractivity contribution in [3.63, 3.8) is 0 Å². The summed E-state index contributed by atoms with van der Waals surface area (Å²) in [5.41, 5.74) is 2.85. The van der Waals surface area contributed by atoms with E-state index in [9.17, 15) is 9.18 Å². The first-order valence-electron chi connectivity index (χ1n) is 9.10. The maximum Gasteiger partial charge on any atom is 0.226 e. The van der Waals surface area contributed by atoms with Gasteiger partial charge in [-0.05, 0) is 56.7 Å². The summed E-state index contributed by atoms with van der Waals surface area (Å²) < 4.78 is 16.0. The Kier molecular flexibility index (Phi) is 4.10. The minimum Gasteiger partial charge on any atom is -0.340 e. The van der Waals surface area contributed by atoms with E-state index in [0.717, 1.165) is 37.2 Å². The molecule has 2 heterocycles. The van der Waals surface area contributed by atoms with Gasteiger partial charge in [0.25, 0.3) is 0 Å². The SMILES string of the molecule is Cc1cc(C)n([C@@H]2CCCN(C(=O)[C@H]3C[C@H]3c3ccccc3F)C2)n1. The quantitative estimate of drug-likeness (QED) is 0.855. The Bertz CT molecular complexity index is 800. The van der Waals surface area contributed by atoms with Crippen molar-refractivity contribution in [3.05, 3.63) is 53.1 Å². The van der Waals surface area contributed by atoms with Crippen LogP contribution >= 0.6 is 0 Å². The molecule has 0 radical (unpaired) electrons. The lowest BCUT2D eigenvalue weighted by molar-refractivity contribution is -0.134. The van der Waals surface area contributed by atoms with Gasteiger partial charge >= 0.3 is 0 Å². The van der Waals surface area contributed by atoms with Crippen LogP contribution in [0.1, 0.15) is 48.2 Å². The van der Waals surface area contributed by atoms with Gasteiger partial charge in [0.05, 0.1) is 11.7 Å². The average Bonchev–Trinajstić information content (AvgIpc) is 3.32. The fraction of sp³-hybridized carbons (Fsp3) is 0.500. The molecule has 2 aliphatic rings. The molecule has 0 unspecified atom stereocenters. The van der Waals surface area contributed by atoms with Crippen LogP contribution in [0, 0.1) is 25.6 Å². The minimum absolute atomic E-state index is 0.0442. The number of amides is 1. The molecule has 1 amide bonds. The first kappa shape index (κ1) is 16.3. The number of carbonyl (C=O) groups excluding carboxylic acids is 1. The molecule has 3 atom stereocenters. The normalized spacial score (nSPS) is 25.9. The first-order valence-corrected chi connectivity index (χ1v) is 9.10. The second-order valence-corrected chi connectivity index (χ2v) is 7.42. The zero-order chi connectivity index (χ0) is 17.6. The summed E-state index contributed by atoms with van der Waals surface area (Å²) in [6.07, 6.45) is 2.81. The Balaban J connectivity index is 1.45. The van der Waals surface area contributed by atoms with E-state index in [0.29, 0.717) is 12.1 Å². The van der Waals surface area contributed by atoms with E-state index in [1.54, 1.807) is 6.07 Å². The zero-order valence-corrected chi connectivity index (χ0v) is 14.8. The van der Waals surface area contributed by atoms with Crippen LogP contribution in [-0.4, -0.2) is 33.7 Å².